The van der Waals surface area contributed by atoms with Crippen LogP contribution in [-0.2, 0) is 4.74 Å². The number of ether oxygens (including phenoxy) is 1. The van der Waals surface area contributed by atoms with E-state index >= 15 is 0 Å². The van der Waals surface area contributed by atoms with Gasteiger partial charge in [0.2, 0.25) is 0 Å². The van der Waals surface area contributed by atoms with Gasteiger partial charge in [0, 0.05) is 25.3 Å². The second-order valence-corrected chi connectivity index (χ2v) is 4.83. The Hall–Kier alpha value is -1.75. The maximum atomic E-state index is 11.7. The predicted octanol–water partition coefficient (Wildman–Crippen LogP) is 1.64. The molecular formula is C14H19NO4. The molecule has 0 aliphatic heterocycles. The Labute approximate surface area is 112 Å². The van der Waals surface area contributed by atoms with Crippen molar-refractivity contribution in [3.63, 3.8) is 0 Å². The van der Waals surface area contributed by atoms with Gasteiger partial charge < -0.3 is 20.3 Å². The molecule has 1 fully saturated rings. The van der Waals surface area contributed by atoms with Crippen molar-refractivity contribution in [2.45, 2.75) is 19.3 Å². The summed E-state index contributed by atoms with van der Waals surface area (Å²) in [5.74, 6) is -0.0301. The van der Waals surface area contributed by atoms with Crippen molar-refractivity contribution >= 4 is 5.91 Å². The molecule has 1 aliphatic rings. The number of benzene rings is 1. The highest BCUT2D eigenvalue weighted by Gasteiger charge is 2.20. The number of phenols is 2. The number of hydrogen-bond acceptors (Lipinski definition) is 4. The van der Waals surface area contributed by atoms with Gasteiger partial charge in [-0.15, -0.1) is 0 Å². The second kappa shape index (κ2) is 6.43. The van der Waals surface area contributed by atoms with E-state index in [-0.39, 0.29) is 17.4 Å². The van der Waals surface area contributed by atoms with Crippen LogP contribution in [0.4, 0.5) is 0 Å². The Morgan fingerprint density at radius 3 is 2.79 bits per heavy atom. The van der Waals surface area contributed by atoms with Crippen LogP contribution in [0.5, 0.6) is 11.5 Å². The van der Waals surface area contributed by atoms with Crippen molar-refractivity contribution in [3.8, 4) is 11.5 Å². The maximum Gasteiger partial charge on any atom is 0.251 e. The predicted molar refractivity (Wildman–Crippen MR) is 70.3 cm³/mol. The van der Waals surface area contributed by atoms with Gasteiger partial charge in [-0.2, -0.15) is 0 Å². The molecule has 0 unspecified atom stereocenters. The quantitative estimate of drug-likeness (QED) is 0.517. The monoisotopic (exact) mass is 265 g/mol. The molecule has 0 radical (unpaired) electrons. The number of amides is 1. The van der Waals surface area contributed by atoms with Gasteiger partial charge in [-0.3, -0.25) is 4.79 Å². The van der Waals surface area contributed by atoms with Gasteiger partial charge in [0.15, 0.2) is 11.5 Å². The number of nitrogens with one attached hydrogen (secondary N) is 1. The SMILES string of the molecule is O=C(NCCCOCC1CC1)c1ccc(O)c(O)c1. The van der Waals surface area contributed by atoms with E-state index in [1.807, 2.05) is 0 Å². The third-order valence-electron chi connectivity index (χ3n) is 3.04. The first-order chi connectivity index (χ1) is 9.16. The molecule has 2 rings (SSSR count). The molecule has 104 valence electrons. The summed E-state index contributed by atoms with van der Waals surface area (Å²) in [4.78, 5) is 11.7. The largest absolute Gasteiger partial charge is 0.504 e. The summed E-state index contributed by atoms with van der Waals surface area (Å²) in [5, 5.41) is 21.2. The first kappa shape index (κ1) is 13.7. The van der Waals surface area contributed by atoms with Crippen LogP contribution < -0.4 is 5.32 Å². The lowest BCUT2D eigenvalue weighted by molar-refractivity contribution is 0.0937. The molecule has 5 nitrogen and oxygen atoms in total. The molecule has 0 aromatic heterocycles. The first-order valence-corrected chi connectivity index (χ1v) is 6.55. The smallest absolute Gasteiger partial charge is 0.251 e. The lowest BCUT2D eigenvalue weighted by Gasteiger charge is -2.06. The molecule has 1 aromatic carbocycles. The van der Waals surface area contributed by atoms with E-state index in [0.29, 0.717) is 18.7 Å². The Morgan fingerprint density at radius 2 is 2.11 bits per heavy atom. The van der Waals surface area contributed by atoms with Crippen LogP contribution >= 0.6 is 0 Å². The number of hydrogen-bond donors (Lipinski definition) is 3. The Morgan fingerprint density at radius 1 is 1.32 bits per heavy atom. The molecule has 0 heterocycles. The fourth-order valence-corrected chi connectivity index (χ4v) is 1.68. The van der Waals surface area contributed by atoms with Gasteiger partial charge in [-0.05, 0) is 43.4 Å². The minimum atomic E-state index is -0.291. The standard InChI is InChI=1S/C14H19NO4/c16-12-5-4-11(8-13(12)17)14(18)15-6-1-7-19-9-10-2-3-10/h4-5,8,10,16-17H,1-3,6-7,9H2,(H,15,18). The van der Waals surface area contributed by atoms with Gasteiger partial charge in [0.1, 0.15) is 0 Å². The Kier molecular flexibility index (Phi) is 4.63. The van der Waals surface area contributed by atoms with E-state index in [0.717, 1.165) is 18.9 Å². The molecule has 1 amide bonds. The summed E-state index contributed by atoms with van der Waals surface area (Å²) in [7, 11) is 0. The first-order valence-electron chi connectivity index (χ1n) is 6.55. The lowest BCUT2D eigenvalue weighted by atomic mass is 10.2. The normalized spacial score (nSPS) is 14.3. The third kappa shape index (κ3) is 4.44. The second-order valence-electron chi connectivity index (χ2n) is 4.83. The summed E-state index contributed by atoms with van der Waals surface area (Å²) in [6, 6.07) is 4.01. The molecular weight excluding hydrogens is 246 g/mol. The maximum absolute atomic E-state index is 11.7. The zero-order valence-electron chi connectivity index (χ0n) is 10.8. The van der Waals surface area contributed by atoms with Gasteiger partial charge in [-0.25, -0.2) is 0 Å². The van der Waals surface area contributed by atoms with Crippen LogP contribution in [0.2, 0.25) is 0 Å². The molecule has 0 atom stereocenters. The summed E-state index contributed by atoms with van der Waals surface area (Å²) >= 11 is 0. The highest BCUT2D eigenvalue weighted by atomic mass is 16.5. The number of aromatic hydroxyl groups is 2. The van der Waals surface area contributed by atoms with Crippen LogP contribution in [0, 0.1) is 5.92 Å². The third-order valence-corrected chi connectivity index (χ3v) is 3.04. The topological polar surface area (TPSA) is 78.8 Å². The Bertz CT molecular complexity index is 443. The van der Waals surface area contributed by atoms with E-state index in [1.165, 1.54) is 31.0 Å². The molecule has 0 saturated heterocycles. The average Bonchev–Trinajstić information content (AvgIpc) is 3.20. The van der Waals surface area contributed by atoms with Crippen molar-refractivity contribution in [1.29, 1.82) is 0 Å². The minimum Gasteiger partial charge on any atom is -0.504 e. The molecule has 1 aromatic rings. The summed E-state index contributed by atoms with van der Waals surface area (Å²) in [6.07, 6.45) is 3.32. The van der Waals surface area contributed by atoms with Crippen LogP contribution in [-0.4, -0.2) is 35.9 Å². The number of carbonyl (C=O) groups is 1. The van der Waals surface area contributed by atoms with Gasteiger partial charge >= 0.3 is 0 Å². The molecule has 5 heteroatoms. The van der Waals surface area contributed by atoms with Crippen molar-refractivity contribution in [2.75, 3.05) is 19.8 Å². The van der Waals surface area contributed by atoms with Gasteiger partial charge in [0.05, 0.1) is 0 Å². The van der Waals surface area contributed by atoms with Crippen LogP contribution in [0.3, 0.4) is 0 Å². The van der Waals surface area contributed by atoms with E-state index in [9.17, 15) is 9.90 Å². The average molecular weight is 265 g/mol. The highest BCUT2D eigenvalue weighted by molar-refractivity contribution is 5.94. The molecule has 3 N–H and O–H groups in total. The van der Waals surface area contributed by atoms with Crippen LogP contribution in [0.15, 0.2) is 18.2 Å². The number of phenolic OH excluding ortho intramolecular Hbond substituents is 2. The van der Waals surface area contributed by atoms with Gasteiger partial charge in [0.25, 0.3) is 5.91 Å². The van der Waals surface area contributed by atoms with Crippen LogP contribution in [0.25, 0.3) is 0 Å². The molecule has 1 saturated carbocycles. The fraction of sp³-hybridized carbons (Fsp3) is 0.500. The number of rotatable bonds is 7. The van der Waals surface area contributed by atoms with Gasteiger partial charge in [-0.1, -0.05) is 0 Å². The van der Waals surface area contributed by atoms with Crippen molar-refractivity contribution < 1.29 is 19.7 Å². The van der Waals surface area contributed by atoms with E-state index < -0.39 is 0 Å². The molecule has 1 aliphatic carbocycles. The van der Waals surface area contributed by atoms with Crippen molar-refractivity contribution in [2.24, 2.45) is 5.92 Å². The van der Waals surface area contributed by atoms with Crippen molar-refractivity contribution in [1.82, 2.24) is 5.32 Å². The summed E-state index contributed by atoms with van der Waals surface area (Å²) < 4.78 is 5.46. The highest BCUT2D eigenvalue weighted by Crippen LogP contribution is 2.28. The van der Waals surface area contributed by atoms with E-state index in [1.54, 1.807) is 0 Å². The van der Waals surface area contributed by atoms with Crippen molar-refractivity contribution in [3.05, 3.63) is 23.8 Å². The number of carbonyl (C=O) groups excluding carboxylic acids is 1. The summed E-state index contributed by atoms with van der Waals surface area (Å²) in [5.41, 5.74) is 0.328. The molecule has 19 heavy (non-hydrogen) atoms. The molecule has 0 bridgehead atoms. The molecule has 0 spiro atoms. The minimum absolute atomic E-state index is 0.231. The Balaban J connectivity index is 1.63. The van der Waals surface area contributed by atoms with Crippen LogP contribution in [0.1, 0.15) is 29.6 Å². The zero-order valence-corrected chi connectivity index (χ0v) is 10.8. The fourth-order valence-electron chi connectivity index (χ4n) is 1.68. The van der Waals surface area contributed by atoms with E-state index in [4.69, 9.17) is 9.84 Å². The summed E-state index contributed by atoms with van der Waals surface area (Å²) in [6.45, 7) is 2.02. The zero-order chi connectivity index (χ0) is 13.7. The lowest BCUT2D eigenvalue weighted by Crippen LogP contribution is -2.25. The van der Waals surface area contributed by atoms with E-state index in [2.05, 4.69) is 5.32 Å².